The fraction of sp³-hybridized carbons (Fsp3) is 0.167. The monoisotopic (exact) mass is 230 g/mol. The van der Waals surface area contributed by atoms with Crippen LogP contribution >= 0.6 is 0 Å². The van der Waals surface area contributed by atoms with Gasteiger partial charge in [0.15, 0.2) is 0 Å². The molecule has 17 heavy (non-hydrogen) atoms. The van der Waals surface area contributed by atoms with Crippen LogP contribution in [-0.2, 0) is 4.79 Å². The van der Waals surface area contributed by atoms with Gasteiger partial charge in [-0.1, -0.05) is 24.3 Å². The minimum Gasteiger partial charge on any atom is -0.356 e. The molecule has 1 atom stereocenters. The van der Waals surface area contributed by atoms with Crippen molar-refractivity contribution in [3.05, 3.63) is 57.9 Å². The lowest BCUT2D eigenvalue weighted by molar-refractivity contribution is -0.385. The van der Waals surface area contributed by atoms with Crippen LogP contribution in [0, 0.1) is 10.1 Å². The average molecular weight is 230 g/mol. The van der Waals surface area contributed by atoms with Gasteiger partial charge in [0.2, 0.25) is 0 Å². The summed E-state index contributed by atoms with van der Waals surface area (Å²) in [6, 6.07) is 6.56. The van der Waals surface area contributed by atoms with Crippen LogP contribution in [0.3, 0.4) is 0 Å². The molecule has 86 valence electrons. The van der Waals surface area contributed by atoms with Gasteiger partial charge in [-0.05, 0) is 6.20 Å². The van der Waals surface area contributed by atoms with Gasteiger partial charge in [0.1, 0.15) is 11.6 Å². The smallest absolute Gasteiger partial charge is 0.273 e. The molecule has 0 bridgehead atoms. The molecule has 0 amide bonds. The highest BCUT2D eigenvalue weighted by atomic mass is 16.6. The average Bonchev–Trinajstić information content (AvgIpc) is 2.39. The Kier molecular flexibility index (Phi) is 3.03. The third-order valence-electron chi connectivity index (χ3n) is 2.67. The summed E-state index contributed by atoms with van der Waals surface area (Å²) in [5.41, 5.74) is 1.10. The van der Waals surface area contributed by atoms with Gasteiger partial charge in [-0.3, -0.25) is 10.1 Å². The lowest BCUT2D eigenvalue weighted by Crippen LogP contribution is -2.15. The molecule has 0 spiro atoms. The summed E-state index contributed by atoms with van der Waals surface area (Å²) in [6.45, 7) is 0. The first-order valence-corrected chi connectivity index (χ1v) is 5.13. The van der Waals surface area contributed by atoms with Crippen LogP contribution in [-0.4, -0.2) is 10.9 Å². The number of allylic oxidation sites excluding steroid dienone is 2. The van der Waals surface area contributed by atoms with Gasteiger partial charge in [-0.25, -0.2) is 4.79 Å². The van der Waals surface area contributed by atoms with Crippen molar-refractivity contribution in [2.75, 3.05) is 0 Å². The summed E-state index contributed by atoms with van der Waals surface area (Å²) in [4.78, 5) is 21.1. The van der Waals surface area contributed by atoms with E-state index in [1.165, 1.54) is 6.07 Å². The van der Waals surface area contributed by atoms with Gasteiger partial charge in [-0.15, -0.1) is 0 Å². The predicted octanol–water partition coefficient (Wildman–Crippen LogP) is 1.90. The van der Waals surface area contributed by atoms with Gasteiger partial charge in [0.25, 0.3) is 5.69 Å². The van der Waals surface area contributed by atoms with E-state index in [1.54, 1.807) is 30.3 Å². The zero-order valence-corrected chi connectivity index (χ0v) is 8.92. The van der Waals surface area contributed by atoms with Crippen LogP contribution in [0.1, 0.15) is 17.9 Å². The number of nitrogens with one attached hydrogen (secondary N) is 1. The summed E-state index contributed by atoms with van der Waals surface area (Å²) < 4.78 is 0. The SMILES string of the molecule is O=C=C1CC(c2ccccc2[N+](=O)[O-])C=CN1. The van der Waals surface area contributed by atoms with Crippen LogP contribution in [0.4, 0.5) is 5.69 Å². The van der Waals surface area contributed by atoms with Gasteiger partial charge in [0, 0.05) is 24.0 Å². The maximum atomic E-state index is 10.9. The summed E-state index contributed by atoms with van der Waals surface area (Å²) in [5.74, 6) is 1.63. The Balaban J connectivity index is 2.41. The van der Waals surface area contributed by atoms with Crippen molar-refractivity contribution in [1.29, 1.82) is 0 Å². The first-order valence-electron chi connectivity index (χ1n) is 5.13. The third kappa shape index (κ3) is 2.24. The Labute approximate surface area is 97.6 Å². The molecule has 1 aliphatic rings. The van der Waals surface area contributed by atoms with E-state index in [0.29, 0.717) is 17.7 Å². The van der Waals surface area contributed by atoms with E-state index in [4.69, 9.17) is 0 Å². The lowest BCUT2D eigenvalue weighted by Gasteiger charge is -2.18. The molecule has 1 heterocycles. The topological polar surface area (TPSA) is 72.2 Å². The minimum absolute atomic E-state index is 0.0781. The molecule has 0 fully saturated rings. The molecule has 1 N–H and O–H groups in total. The predicted molar refractivity (Wildman–Crippen MR) is 61.9 cm³/mol. The van der Waals surface area contributed by atoms with Crippen molar-refractivity contribution in [3.8, 4) is 0 Å². The Bertz CT molecular complexity index is 530. The first kappa shape index (κ1) is 11.1. The molecular weight excluding hydrogens is 220 g/mol. The van der Waals surface area contributed by atoms with Crippen LogP contribution < -0.4 is 5.32 Å². The van der Waals surface area contributed by atoms with Gasteiger partial charge >= 0.3 is 0 Å². The normalized spacial score (nSPS) is 18.4. The first-order chi connectivity index (χ1) is 8.22. The lowest BCUT2D eigenvalue weighted by atomic mass is 9.91. The second-order valence-corrected chi connectivity index (χ2v) is 3.71. The van der Waals surface area contributed by atoms with Gasteiger partial charge < -0.3 is 5.32 Å². The minimum atomic E-state index is -0.407. The van der Waals surface area contributed by atoms with Crippen LogP contribution in [0.5, 0.6) is 0 Å². The zero-order chi connectivity index (χ0) is 12.3. The van der Waals surface area contributed by atoms with E-state index >= 15 is 0 Å². The maximum absolute atomic E-state index is 10.9. The number of nitrogens with zero attached hydrogens (tertiary/aromatic N) is 1. The summed E-state index contributed by atoms with van der Waals surface area (Å²) >= 11 is 0. The van der Waals surface area contributed by atoms with Crippen molar-refractivity contribution in [2.24, 2.45) is 0 Å². The van der Waals surface area contributed by atoms with Crippen molar-refractivity contribution in [2.45, 2.75) is 12.3 Å². The van der Waals surface area contributed by atoms with Crippen molar-refractivity contribution in [3.63, 3.8) is 0 Å². The van der Waals surface area contributed by atoms with Crippen LogP contribution in [0.2, 0.25) is 0 Å². The third-order valence-corrected chi connectivity index (χ3v) is 2.67. The highest BCUT2D eigenvalue weighted by Crippen LogP contribution is 2.32. The highest BCUT2D eigenvalue weighted by molar-refractivity contribution is 5.55. The standard InChI is InChI=1S/C12H10N2O3/c15-8-10-7-9(5-6-13-10)11-3-1-2-4-12(11)14(16)17/h1-6,9,13H,7H2. The molecule has 5 nitrogen and oxygen atoms in total. The van der Waals surface area contributed by atoms with E-state index in [1.807, 2.05) is 6.08 Å². The van der Waals surface area contributed by atoms with E-state index in [2.05, 4.69) is 5.32 Å². The van der Waals surface area contributed by atoms with E-state index in [9.17, 15) is 14.9 Å². The second kappa shape index (κ2) is 4.63. The number of nitro benzene ring substituents is 1. The zero-order valence-electron chi connectivity index (χ0n) is 8.92. The van der Waals surface area contributed by atoms with E-state index in [0.717, 1.165) is 0 Å². The summed E-state index contributed by atoms with van der Waals surface area (Å²) in [7, 11) is 0. The molecule has 2 rings (SSSR count). The molecule has 0 saturated carbocycles. The summed E-state index contributed by atoms with van der Waals surface area (Å²) in [6.07, 6.45) is 3.83. The Morgan fingerprint density at radius 2 is 2.18 bits per heavy atom. The highest BCUT2D eigenvalue weighted by Gasteiger charge is 2.22. The van der Waals surface area contributed by atoms with Crippen molar-refractivity contribution in [1.82, 2.24) is 5.32 Å². The molecule has 0 aromatic heterocycles. The number of carbonyl (C=O) groups excluding carboxylic acids is 1. The van der Waals surface area contributed by atoms with Gasteiger partial charge in [-0.2, -0.15) is 0 Å². The molecule has 1 aromatic carbocycles. The molecule has 5 heteroatoms. The fourth-order valence-corrected chi connectivity index (χ4v) is 1.86. The van der Waals surface area contributed by atoms with Crippen LogP contribution in [0.15, 0.2) is 42.2 Å². The Morgan fingerprint density at radius 1 is 1.41 bits per heavy atom. The summed E-state index contributed by atoms with van der Waals surface area (Å²) in [5, 5.41) is 13.7. The van der Waals surface area contributed by atoms with E-state index in [-0.39, 0.29) is 11.6 Å². The Morgan fingerprint density at radius 3 is 2.88 bits per heavy atom. The largest absolute Gasteiger partial charge is 0.356 e. The molecule has 0 aliphatic carbocycles. The number of hydrogen-bond acceptors (Lipinski definition) is 4. The number of rotatable bonds is 2. The number of benzene rings is 1. The number of hydrogen-bond donors (Lipinski definition) is 1. The number of para-hydroxylation sites is 1. The number of nitro groups is 1. The quantitative estimate of drug-likeness (QED) is 0.478. The molecule has 1 aromatic rings. The van der Waals surface area contributed by atoms with Crippen molar-refractivity contribution < 1.29 is 9.72 Å². The fourth-order valence-electron chi connectivity index (χ4n) is 1.86. The molecule has 0 saturated heterocycles. The molecule has 0 radical (unpaired) electrons. The van der Waals surface area contributed by atoms with Crippen LogP contribution in [0.25, 0.3) is 0 Å². The van der Waals surface area contributed by atoms with Gasteiger partial charge in [0.05, 0.1) is 4.92 Å². The Hall–Kier alpha value is -2.39. The van der Waals surface area contributed by atoms with Crippen molar-refractivity contribution >= 4 is 11.6 Å². The molecular formula is C12H10N2O3. The van der Waals surface area contributed by atoms with E-state index < -0.39 is 4.92 Å². The molecule has 1 aliphatic heterocycles. The maximum Gasteiger partial charge on any atom is 0.273 e. The second-order valence-electron chi connectivity index (χ2n) is 3.71. The molecule has 1 unspecified atom stereocenters.